The van der Waals surface area contributed by atoms with E-state index in [0.29, 0.717) is 11.6 Å². The second-order valence-corrected chi connectivity index (χ2v) is 7.23. The van der Waals surface area contributed by atoms with E-state index in [1.807, 2.05) is 31.2 Å². The lowest BCUT2D eigenvalue weighted by molar-refractivity contribution is 0.505. The van der Waals surface area contributed by atoms with Crippen LogP contribution in [-0.4, -0.2) is 8.42 Å². The van der Waals surface area contributed by atoms with Gasteiger partial charge in [-0.3, -0.25) is 0 Å². The number of halogens is 2. The van der Waals surface area contributed by atoms with Crippen LogP contribution in [0.25, 0.3) is 22.3 Å². The van der Waals surface area contributed by atoms with E-state index in [0.717, 1.165) is 22.8 Å². The van der Waals surface area contributed by atoms with Gasteiger partial charge in [-0.15, -0.1) is 0 Å². The Balaban J connectivity index is 2.13. The molecule has 0 aliphatic rings. The largest absolute Gasteiger partial charge is 0.238 e. The average molecular weight is 359 g/mol. The lowest BCUT2D eigenvalue weighted by atomic mass is 9.97. The minimum Gasteiger partial charge on any atom is -0.225 e. The summed E-state index contributed by atoms with van der Waals surface area (Å²) in [6.07, 6.45) is 0. The van der Waals surface area contributed by atoms with E-state index in [1.165, 1.54) is 0 Å². The molecule has 0 spiro atoms. The third-order valence-electron chi connectivity index (χ3n) is 3.98. The molecule has 6 heteroatoms. The van der Waals surface area contributed by atoms with Gasteiger partial charge in [0.25, 0.3) is 0 Å². The molecule has 128 valence electrons. The highest BCUT2D eigenvalue weighted by molar-refractivity contribution is 7.89. The van der Waals surface area contributed by atoms with Crippen LogP contribution >= 0.6 is 0 Å². The molecule has 0 aromatic heterocycles. The number of aryl methyl sites for hydroxylation is 1. The van der Waals surface area contributed by atoms with Crippen molar-refractivity contribution < 1.29 is 17.2 Å². The van der Waals surface area contributed by atoms with E-state index in [9.17, 15) is 17.2 Å². The van der Waals surface area contributed by atoms with Crippen LogP contribution in [0.3, 0.4) is 0 Å². The highest BCUT2D eigenvalue weighted by Gasteiger charge is 2.19. The van der Waals surface area contributed by atoms with Crippen molar-refractivity contribution in [3.8, 4) is 22.3 Å². The molecule has 0 aliphatic carbocycles. The molecule has 0 radical (unpaired) electrons. The van der Waals surface area contributed by atoms with Gasteiger partial charge in [-0.1, -0.05) is 48.5 Å². The van der Waals surface area contributed by atoms with Crippen molar-refractivity contribution in [1.82, 2.24) is 0 Å². The van der Waals surface area contributed by atoms with Crippen LogP contribution in [0.2, 0.25) is 0 Å². The summed E-state index contributed by atoms with van der Waals surface area (Å²) in [5, 5.41) is 5.14. The predicted octanol–water partition coefficient (Wildman–Crippen LogP) is 4.25. The van der Waals surface area contributed by atoms with Crippen molar-refractivity contribution >= 4 is 10.0 Å². The molecule has 0 fully saturated rings. The number of nitrogens with two attached hydrogens (primary N) is 1. The fourth-order valence-electron chi connectivity index (χ4n) is 2.72. The minimum absolute atomic E-state index is 0.0257. The SMILES string of the molecule is Cc1ccccc1-c1ccc(-c2cc(F)c(F)cc2S(N)(=O)=O)cc1. The Bertz CT molecular complexity index is 1050. The summed E-state index contributed by atoms with van der Waals surface area (Å²) in [7, 11) is -4.20. The summed E-state index contributed by atoms with van der Waals surface area (Å²) >= 11 is 0. The van der Waals surface area contributed by atoms with Crippen LogP contribution in [0.5, 0.6) is 0 Å². The summed E-state index contributed by atoms with van der Waals surface area (Å²) in [4.78, 5) is -0.449. The maximum Gasteiger partial charge on any atom is 0.238 e. The predicted molar refractivity (Wildman–Crippen MR) is 93.3 cm³/mol. The molecule has 3 rings (SSSR count). The first-order valence-electron chi connectivity index (χ1n) is 7.45. The van der Waals surface area contributed by atoms with E-state index < -0.39 is 26.6 Å². The van der Waals surface area contributed by atoms with Gasteiger partial charge in [-0.25, -0.2) is 22.3 Å². The van der Waals surface area contributed by atoms with Gasteiger partial charge in [0.1, 0.15) is 0 Å². The Hall–Kier alpha value is -2.57. The zero-order valence-corrected chi connectivity index (χ0v) is 14.1. The maximum atomic E-state index is 13.6. The molecule has 0 amide bonds. The molecule has 0 saturated carbocycles. The molecule has 3 aromatic carbocycles. The number of benzene rings is 3. The van der Waals surface area contributed by atoms with Crippen LogP contribution in [0, 0.1) is 18.6 Å². The van der Waals surface area contributed by atoms with Crippen molar-refractivity contribution in [2.75, 3.05) is 0 Å². The summed E-state index contributed by atoms with van der Waals surface area (Å²) in [5.41, 5.74) is 3.51. The maximum absolute atomic E-state index is 13.6. The third kappa shape index (κ3) is 3.45. The van der Waals surface area contributed by atoms with E-state index in [-0.39, 0.29) is 5.56 Å². The first-order chi connectivity index (χ1) is 11.8. The van der Waals surface area contributed by atoms with Crippen LogP contribution in [0.15, 0.2) is 65.6 Å². The van der Waals surface area contributed by atoms with Crippen LogP contribution in [0.4, 0.5) is 8.78 Å². The fourth-order valence-corrected chi connectivity index (χ4v) is 3.47. The monoisotopic (exact) mass is 359 g/mol. The summed E-state index contributed by atoms with van der Waals surface area (Å²) in [6.45, 7) is 1.98. The first kappa shape index (κ1) is 17.3. The molecular weight excluding hydrogens is 344 g/mol. The molecule has 0 saturated heterocycles. The summed E-state index contributed by atoms with van der Waals surface area (Å²) < 4.78 is 50.5. The quantitative estimate of drug-likeness (QED) is 0.760. The van der Waals surface area contributed by atoms with Crippen molar-refractivity contribution in [1.29, 1.82) is 0 Å². The van der Waals surface area contributed by atoms with Gasteiger partial charge in [0, 0.05) is 5.56 Å². The standard InChI is InChI=1S/C19H15F2NO2S/c1-12-4-2-3-5-15(12)13-6-8-14(9-7-13)16-10-17(20)18(21)11-19(16)25(22,23)24/h2-11H,1H3,(H2,22,23,24). The van der Waals surface area contributed by atoms with Gasteiger partial charge in [0.15, 0.2) is 11.6 Å². The summed E-state index contributed by atoms with van der Waals surface area (Å²) in [5.74, 6) is -2.39. The van der Waals surface area contributed by atoms with Crippen LogP contribution in [0.1, 0.15) is 5.56 Å². The van der Waals surface area contributed by atoms with Crippen molar-refractivity contribution in [2.24, 2.45) is 5.14 Å². The zero-order valence-electron chi connectivity index (χ0n) is 13.3. The smallest absolute Gasteiger partial charge is 0.225 e. The highest BCUT2D eigenvalue weighted by Crippen LogP contribution is 2.31. The molecule has 0 unspecified atom stereocenters. The molecule has 25 heavy (non-hydrogen) atoms. The molecule has 0 atom stereocenters. The van der Waals surface area contributed by atoms with Gasteiger partial charge in [0.2, 0.25) is 10.0 Å². The van der Waals surface area contributed by atoms with Gasteiger partial charge in [-0.05, 0) is 41.3 Å². The van der Waals surface area contributed by atoms with E-state index in [2.05, 4.69) is 0 Å². The molecule has 3 nitrogen and oxygen atoms in total. The second kappa shape index (κ2) is 6.38. The average Bonchev–Trinajstić information content (AvgIpc) is 2.57. The lowest BCUT2D eigenvalue weighted by Gasteiger charge is -2.11. The Kier molecular flexibility index (Phi) is 4.41. The Morgan fingerprint density at radius 1 is 0.800 bits per heavy atom. The molecular formula is C19H15F2NO2S. The number of sulfonamides is 1. The molecule has 2 N–H and O–H groups in total. The summed E-state index contributed by atoms with van der Waals surface area (Å²) in [6, 6.07) is 16.2. The number of rotatable bonds is 3. The Morgan fingerprint density at radius 2 is 1.32 bits per heavy atom. The van der Waals surface area contributed by atoms with E-state index in [4.69, 9.17) is 5.14 Å². The van der Waals surface area contributed by atoms with Gasteiger partial charge < -0.3 is 0 Å². The van der Waals surface area contributed by atoms with Crippen molar-refractivity contribution in [2.45, 2.75) is 11.8 Å². The first-order valence-corrected chi connectivity index (χ1v) is 9.00. The van der Waals surface area contributed by atoms with Crippen LogP contribution < -0.4 is 5.14 Å². The topological polar surface area (TPSA) is 60.2 Å². The molecule has 0 aliphatic heterocycles. The number of hydrogen-bond acceptors (Lipinski definition) is 2. The molecule has 0 bridgehead atoms. The molecule has 0 heterocycles. The van der Waals surface area contributed by atoms with Crippen molar-refractivity contribution in [3.63, 3.8) is 0 Å². The number of hydrogen-bond donors (Lipinski definition) is 1. The second-order valence-electron chi connectivity index (χ2n) is 5.70. The Labute approximate surface area is 144 Å². The Morgan fingerprint density at radius 3 is 1.88 bits per heavy atom. The fraction of sp³-hybridized carbons (Fsp3) is 0.0526. The van der Waals surface area contributed by atoms with Gasteiger partial charge >= 0.3 is 0 Å². The third-order valence-corrected chi connectivity index (χ3v) is 4.93. The minimum atomic E-state index is -4.20. The number of primary sulfonamides is 1. The van der Waals surface area contributed by atoms with E-state index >= 15 is 0 Å². The zero-order chi connectivity index (χ0) is 18.2. The normalized spacial score (nSPS) is 11.5. The van der Waals surface area contributed by atoms with Crippen LogP contribution in [-0.2, 0) is 10.0 Å². The molecule has 3 aromatic rings. The van der Waals surface area contributed by atoms with Gasteiger partial charge in [0.05, 0.1) is 4.90 Å². The highest BCUT2D eigenvalue weighted by atomic mass is 32.2. The lowest BCUT2D eigenvalue weighted by Crippen LogP contribution is -2.14. The van der Waals surface area contributed by atoms with Crippen molar-refractivity contribution in [3.05, 3.63) is 77.9 Å². The van der Waals surface area contributed by atoms with E-state index in [1.54, 1.807) is 24.3 Å². The van der Waals surface area contributed by atoms with Gasteiger partial charge in [-0.2, -0.15) is 0 Å².